The van der Waals surface area contributed by atoms with Crippen molar-refractivity contribution in [3.8, 4) is 17.0 Å². The van der Waals surface area contributed by atoms with Crippen molar-refractivity contribution in [1.82, 2.24) is 10.3 Å². The van der Waals surface area contributed by atoms with E-state index in [9.17, 15) is 4.79 Å². The largest absolute Gasteiger partial charge is 0.497 e. The molecule has 4 rings (SSSR count). The molecule has 0 unspecified atom stereocenters. The number of methoxy groups -OCH3 is 1. The number of ether oxygens (including phenoxy) is 1. The van der Waals surface area contributed by atoms with E-state index in [4.69, 9.17) is 4.74 Å². The van der Waals surface area contributed by atoms with Crippen molar-refractivity contribution < 1.29 is 9.53 Å². The Balaban J connectivity index is 1.33. The highest BCUT2D eigenvalue weighted by Gasteiger charge is 2.43. The van der Waals surface area contributed by atoms with Gasteiger partial charge in [-0.05, 0) is 42.2 Å². The maximum atomic E-state index is 12.4. The summed E-state index contributed by atoms with van der Waals surface area (Å²) >= 11 is 1.57. The molecule has 1 aliphatic carbocycles. The number of nitrogens with zero attached hydrogens (tertiary/aromatic N) is 1. The summed E-state index contributed by atoms with van der Waals surface area (Å²) in [6.45, 7) is 0.484. The summed E-state index contributed by atoms with van der Waals surface area (Å²) in [7, 11) is 1.65. The van der Waals surface area contributed by atoms with Gasteiger partial charge in [0.2, 0.25) is 5.91 Å². The van der Waals surface area contributed by atoms with Crippen molar-refractivity contribution in [2.45, 2.75) is 18.9 Å². The molecule has 1 aliphatic rings. The third kappa shape index (κ3) is 3.63. The number of nitrogens with one attached hydrogen (secondary N) is 1. The average Bonchev–Trinajstić information content (AvgIpc) is 3.37. The number of hydrogen-bond acceptors (Lipinski definition) is 4. The van der Waals surface area contributed by atoms with E-state index in [1.54, 1.807) is 18.4 Å². The van der Waals surface area contributed by atoms with E-state index in [0.29, 0.717) is 12.5 Å². The Hall–Kier alpha value is -2.66. The average molecular weight is 364 g/mol. The smallest absolute Gasteiger partial charge is 0.224 e. The first-order valence-corrected chi connectivity index (χ1v) is 9.54. The van der Waals surface area contributed by atoms with Crippen molar-refractivity contribution in [1.29, 1.82) is 0 Å². The Morgan fingerprint density at radius 3 is 2.69 bits per heavy atom. The minimum atomic E-state index is 0.0958. The van der Waals surface area contributed by atoms with Gasteiger partial charge in [0.1, 0.15) is 10.8 Å². The number of hydrogen-bond donors (Lipinski definition) is 1. The summed E-state index contributed by atoms with van der Waals surface area (Å²) in [5, 5.41) is 5.97. The van der Waals surface area contributed by atoms with Crippen molar-refractivity contribution in [2.24, 2.45) is 5.92 Å². The number of aromatic nitrogens is 1. The van der Waals surface area contributed by atoms with Crippen LogP contribution in [0.25, 0.3) is 11.3 Å². The zero-order chi connectivity index (χ0) is 17.9. The van der Waals surface area contributed by atoms with E-state index < -0.39 is 0 Å². The van der Waals surface area contributed by atoms with Crippen LogP contribution >= 0.6 is 11.3 Å². The van der Waals surface area contributed by atoms with E-state index >= 15 is 0 Å². The van der Waals surface area contributed by atoms with Gasteiger partial charge in [0.25, 0.3) is 0 Å². The summed E-state index contributed by atoms with van der Waals surface area (Å²) < 4.78 is 5.18. The molecule has 2 atom stereocenters. The molecule has 0 saturated heterocycles. The highest BCUT2D eigenvalue weighted by Crippen LogP contribution is 2.47. The highest BCUT2D eigenvalue weighted by molar-refractivity contribution is 7.09. The van der Waals surface area contributed by atoms with Crippen molar-refractivity contribution in [3.63, 3.8) is 0 Å². The Morgan fingerprint density at radius 1 is 1.19 bits per heavy atom. The van der Waals surface area contributed by atoms with Crippen LogP contribution in [0.4, 0.5) is 0 Å². The predicted octanol–water partition coefficient (Wildman–Crippen LogP) is 4.24. The van der Waals surface area contributed by atoms with Crippen LogP contribution in [0.2, 0.25) is 0 Å². The Bertz CT molecular complexity index is 890. The maximum absolute atomic E-state index is 12.4. The van der Waals surface area contributed by atoms with Gasteiger partial charge in [-0.25, -0.2) is 4.98 Å². The third-order valence-corrected chi connectivity index (χ3v) is 5.56. The van der Waals surface area contributed by atoms with E-state index in [0.717, 1.165) is 28.4 Å². The summed E-state index contributed by atoms with van der Waals surface area (Å²) in [5.41, 5.74) is 3.23. The molecule has 1 saturated carbocycles. The Morgan fingerprint density at radius 2 is 1.96 bits per heavy atom. The van der Waals surface area contributed by atoms with Gasteiger partial charge in [-0.15, -0.1) is 11.3 Å². The van der Waals surface area contributed by atoms with Gasteiger partial charge in [-0.2, -0.15) is 0 Å². The molecule has 26 heavy (non-hydrogen) atoms. The maximum Gasteiger partial charge on any atom is 0.224 e. The molecular formula is C21H20N2O2S. The van der Waals surface area contributed by atoms with Crippen molar-refractivity contribution in [3.05, 3.63) is 70.5 Å². The second kappa shape index (κ2) is 7.30. The lowest BCUT2D eigenvalue weighted by Gasteiger charge is -2.03. The molecule has 1 heterocycles. The summed E-state index contributed by atoms with van der Waals surface area (Å²) in [4.78, 5) is 17.0. The number of thiazole rings is 1. The number of rotatable bonds is 6. The van der Waals surface area contributed by atoms with Crippen LogP contribution in [0.5, 0.6) is 5.75 Å². The summed E-state index contributed by atoms with van der Waals surface area (Å²) in [5.74, 6) is 1.41. The van der Waals surface area contributed by atoms with Crippen LogP contribution in [-0.2, 0) is 11.3 Å². The van der Waals surface area contributed by atoms with E-state index in [1.807, 2.05) is 47.8 Å². The molecule has 0 radical (unpaired) electrons. The fourth-order valence-corrected chi connectivity index (χ4v) is 3.88. The van der Waals surface area contributed by atoms with Crippen LogP contribution in [0, 0.1) is 5.92 Å². The lowest BCUT2D eigenvalue weighted by molar-refractivity contribution is -0.122. The normalized spacial score (nSPS) is 18.3. The fraction of sp³-hybridized carbons (Fsp3) is 0.238. The highest BCUT2D eigenvalue weighted by atomic mass is 32.1. The number of carbonyl (C=O) groups is 1. The molecule has 1 N–H and O–H groups in total. The molecule has 4 nitrogen and oxygen atoms in total. The number of amides is 1. The molecule has 132 valence electrons. The second-order valence-electron chi connectivity index (χ2n) is 6.43. The van der Waals surface area contributed by atoms with Gasteiger partial charge >= 0.3 is 0 Å². The van der Waals surface area contributed by atoms with Gasteiger partial charge in [-0.3, -0.25) is 4.79 Å². The van der Waals surface area contributed by atoms with Gasteiger partial charge in [0, 0.05) is 16.9 Å². The lowest BCUT2D eigenvalue weighted by atomic mass is 10.1. The molecule has 0 spiro atoms. The predicted molar refractivity (Wildman–Crippen MR) is 103 cm³/mol. The SMILES string of the molecule is COc1ccc(-c2csc(CNC(=O)[C@@H]3C[C@@H]3c3ccccc3)n2)cc1. The molecule has 2 aromatic carbocycles. The van der Waals surface area contributed by atoms with Gasteiger partial charge < -0.3 is 10.1 Å². The van der Waals surface area contributed by atoms with Crippen molar-refractivity contribution >= 4 is 17.2 Å². The quantitative estimate of drug-likeness (QED) is 0.712. The first-order valence-electron chi connectivity index (χ1n) is 8.66. The third-order valence-electron chi connectivity index (χ3n) is 4.71. The van der Waals surface area contributed by atoms with Crippen LogP contribution in [0.1, 0.15) is 22.9 Å². The molecule has 1 amide bonds. The monoisotopic (exact) mass is 364 g/mol. The molecule has 3 aromatic rings. The first-order chi connectivity index (χ1) is 12.7. The molecule has 0 bridgehead atoms. The molecule has 1 fully saturated rings. The summed E-state index contributed by atoms with van der Waals surface area (Å²) in [6.07, 6.45) is 0.935. The zero-order valence-electron chi connectivity index (χ0n) is 14.5. The molecular weight excluding hydrogens is 344 g/mol. The van der Waals surface area contributed by atoms with E-state index in [1.165, 1.54) is 5.56 Å². The second-order valence-corrected chi connectivity index (χ2v) is 7.37. The first kappa shape index (κ1) is 16.8. The van der Waals surface area contributed by atoms with Crippen LogP contribution in [0.3, 0.4) is 0 Å². The Labute approximate surface area is 156 Å². The topological polar surface area (TPSA) is 51.2 Å². The van der Waals surface area contributed by atoms with Crippen LogP contribution in [-0.4, -0.2) is 18.0 Å². The van der Waals surface area contributed by atoms with Crippen LogP contribution < -0.4 is 10.1 Å². The van der Waals surface area contributed by atoms with Gasteiger partial charge in [0.15, 0.2) is 0 Å². The number of benzene rings is 2. The molecule has 0 aliphatic heterocycles. The van der Waals surface area contributed by atoms with E-state index in [2.05, 4.69) is 22.4 Å². The minimum absolute atomic E-state index is 0.0958. The van der Waals surface area contributed by atoms with Crippen molar-refractivity contribution in [2.75, 3.05) is 7.11 Å². The van der Waals surface area contributed by atoms with Crippen LogP contribution in [0.15, 0.2) is 60.0 Å². The fourth-order valence-electron chi connectivity index (χ4n) is 3.13. The molecule has 1 aromatic heterocycles. The lowest BCUT2D eigenvalue weighted by Crippen LogP contribution is -2.24. The zero-order valence-corrected chi connectivity index (χ0v) is 15.3. The van der Waals surface area contributed by atoms with Gasteiger partial charge in [-0.1, -0.05) is 30.3 Å². The summed E-state index contributed by atoms with van der Waals surface area (Å²) in [6, 6.07) is 18.1. The standard InChI is InChI=1S/C21H20N2O2S/c1-25-16-9-7-15(8-10-16)19-13-26-20(23-19)12-22-21(24)18-11-17(18)14-5-3-2-4-6-14/h2-10,13,17-18H,11-12H2,1H3,(H,22,24)/t17-,18-/m1/s1. The van der Waals surface area contributed by atoms with Gasteiger partial charge in [0.05, 0.1) is 19.3 Å². The minimum Gasteiger partial charge on any atom is -0.497 e. The Kier molecular flexibility index (Phi) is 4.71. The number of carbonyl (C=O) groups excluding carboxylic acids is 1. The van der Waals surface area contributed by atoms with E-state index in [-0.39, 0.29) is 11.8 Å². The molecule has 5 heteroatoms.